The number of sulfonamides is 1. The second-order valence-corrected chi connectivity index (χ2v) is 12.3. The van der Waals surface area contributed by atoms with Crippen molar-refractivity contribution < 1.29 is 27.1 Å². The van der Waals surface area contributed by atoms with Gasteiger partial charge in [-0.2, -0.15) is 0 Å². The number of amides is 2. The van der Waals surface area contributed by atoms with Crippen molar-refractivity contribution in [2.75, 3.05) is 18.0 Å². The van der Waals surface area contributed by atoms with Crippen LogP contribution in [0.15, 0.2) is 71.6 Å². The summed E-state index contributed by atoms with van der Waals surface area (Å²) in [7, 11) is -2.82. The number of benzene rings is 3. The molecule has 0 unspecified atom stereocenters. The van der Waals surface area contributed by atoms with Crippen LogP contribution in [0.3, 0.4) is 0 Å². The van der Waals surface area contributed by atoms with Gasteiger partial charge < -0.3 is 15.0 Å². The predicted molar refractivity (Wildman–Crippen MR) is 163 cm³/mol. The fraction of sp³-hybridized carbons (Fsp3) is 0.355. The number of carbonyl (C=O) groups is 2. The SMILES string of the molecule is CC[C@@H](C)NC(=O)[C@@H](CC)N(Cc1ccc(F)cc1)C(=O)CN(c1ccc(OC)c(Cl)c1)S(=O)(=O)c1ccc(C)cc1. The van der Waals surface area contributed by atoms with Crippen LogP contribution < -0.4 is 14.4 Å². The first-order valence-electron chi connectivity index (χ1n) is 13.7. The van der Waals surface area contributed by atoms with Gasteiger partial charge in [0.2, 0.25) is 11.8 Å². The summed E-state index contributed by atoms with van der Waals surface area (Å²) in [5.41, 5.74) is 1.60. The van der Waals surface area contributed by atoms with E-state index in [1.807, 2.05) is 20.8 Å². The second kappa shape index (κ2) is 14.5. The minimum Gasteiger partial charge on any atom is -0.495 e. The van der Waals surface area contributed by atoms with Gasteiger partial charge in [0, 0.05) is 12.6 Å². The number of ether oxygens (including phenoxy) is 1. The van der Waals surface area contributed by atoms with E-state index in [1.54, 1.807) is 19.1 Å². The molecule has 0 bridgehead atoms. The van der Waals surface area contributed by atoms with Gasteiger partial charge in [-0.3, -0.25) is 13.9 Å². The molecule has 0 radical (unpaired) electrons. The summed E-state index contributed by atoms with van der Waals surface area (Å²) < 4.78 is 47.8. The fourth-order valence-corrected chi connectivity index (χ4v) is 5.98. The molecule has 0 aliphatic rings. The molecular weight excluding hydrogens is 581 g/mol. The lowest BCUT2D eigenvalue weighted by Gasteiger charge is -2.33. The third-order valence-electron chi connectivity index (χ3n) is 6.96. The lowest BCUT2D eigenvalue weighted by molar-refractivity contribution is -0.140. The topological polar surface area (TPSA) is 96.0 Å². The standard InChI is InChI=1S/C31H37ClFN3O5S/c1-6-22(4)34-31(38)28(7-2)35(19-23-10-12-24(33)13-11-23)30(37)20-36(25-14-17-29(41-5)27(32)18-25)42(39,40)26-15-8-21(3)9-16-26/h8-18,22,28H,6-7,19-20H2,1-5H3,(H,34,38)/t22-,28-/m1/s1. The van der Waals surface area contributed by atoms with Crippen LogP contribution in [0.4, 0.5) is 10.1 Å². The molecule has 0 aliphatic carbocycles. The molecule has 8 nitrogen and oxygen atoms in total. The van der Waals surface area contributed by atoms with E-state index in [0.717, 1.165) is 9.87 Å². The molecule has 3 aromatic rings. The molecule has 0 aliphatic heterocycles. The number of halogens is 2. The summed E-state index contributed by atoms with van der Waals surface area (Å²) in [6.45, 7) is 6.75. The van der Waals surface area contributed by atoms with Crippen molar-refractivity contribution >= 4 is 39.1 Å². The van der Waals surface area contributed by atoms with Crippen LogP contribution >= 0.6 is 11.6 Å². The van der Waals surface area contributed by atoms with Crippen molar-refractivity contribution in [1.82, 2.24) is 10.2 Å². The van der Waals surface area contributed by atoms with Gasteiger partial charge in [0.15, 0.2) is 0 Å². The Hall–Kier alpha value is -3.63. The van der Waals surface area contributed by atoms with E-state index >= 15 is 0 Å². The molecule has 11 heteroatoms. The van der Waals surface area contributed by atoms with E-state index in [1.165, 1.54) is 66.6 Å². The summed E-state index contributed by atoms with van der Waals surface area (Å²) in [5, 5.41) is 3.08. The minimum absolute atomic E-state index is 0.0144. The number of hydrogen-bond donors (Lipinski definition) is 1. The Morgan fingerprint density at radius 3 is 2.19 bits per heavy atom. The van der Waals surface area contributed by atoms with Crippen LogP contribution in [-0.4, -0.2) is 50.9 Å². The van der Waals surface area contributed by atoms with Gasteiger partial charge in [-0.1, -0.05) is 55.3 Å². The molecule has 2 amide bonds. The molecule has 42 heavy (non-hydrogen) atoms. The van der Waals surface area contributed by atoms with Crippen molar-refractivity contribution in [3.8, 4) is 5.75 Å². The zero-order valence-corrected chi connectivity index (χ0v) is 26.0. The summed E-state index contributed by atoms with van der Waals surface area (Å²) >= 11 is 6.36. The number of carbonyl (C=O) groups excluding carboxylic acids is 2. The summed E-state index contributed by atoms with van der Waals surface area (Å²) in [6, 6.07) is 15.3. The lowest BCUT2D eigenvalue weighted by Crippen LogP contribution is -2.53. The number of aryl methyl sites for hydroxylation is 1. The maximum Gasteiger partial charge on any atom is 0.264 e. The molecule has 1 N–H and O–H groups in total. The van der Waals surface area contributed by atoms with E-state index in [2.05, 4.69) is 5.32 Å². The molecule has 3 rings (SSSR count). The average Bonchev–Trinajstić information content (AvgIpc) is 2.96. The van der Waals surface area contributed by atoms with Gasteiger partial charge in [-0.05, 0) is 74.7 Å². The number of nitrogens with zero attached hydrogens (tertiary/aromatic N) is 2. The molecule has 0 spiro atoms. The van der Waals surface area contributed by atoms with Crippen molar-refractivity contribution in [3.05, 3.63) is 88.7 Å². The Kier molecular flexibility index (Phi) is 11.4. The molecule has 3 aromatic carbocycles. The van der Waals surface area contributed by atoms with Crippen LogP contribution in [0.2, 0.25) is 5.02 Å². The highest BCUT2D eigenvalue weighted by atomic mass is 35.5. The highest BCUT2D eigenvalue weighted by molar-refractivity contribution is 7.92. The van der Waals surface area contributed by atoms with Gasteiger partial charge in [0.05, 0.1) is 22.7 Å². The zero-order valence-electron chi connectivity index (χ0n) is 24.4. The highest BCUT2D eigenvalue weighted by Gasteiger charge is 2.34. The molecule has 0 saturated heterocycles. The van der Waals surface area contributed by atoms with E-state index < -0.39 is 34.3 Å². The van der Waals surface area contributed by atoms with Crippen molar-refractivity contribution in [2.24, 2.45) is 0 Å². The molecular formula is C31H37ClFN3O5S. The van der Waals surface area contributed by atoms with Crippen LogP contribution in [0, 0.1) is 12.7 Å². The quantitative estimate of drug-likeness (QED) is 0.265. The number of anilines is 1. The number of methoxy groups -OCH3 is 1. The Bertz CT molecular complexity index is 1480. The molecule has 0 aromatic heterocycles. The van der Waals surface area contributed by atoms with Crippen LogP contribution in [-0.2, 0) is 26.2 Å². The van der Waals surface area contributed by atoms with Crippen LogP contribution in [0.25, 0.3) is 0 Å². The van der Waals surface area contributed by atoms with Crippen LogP contribution in [0.1, 0.15) is 44.7 Å². The highest BCUT2D eigenvalue weighted by Crippen LogP contribution is 2.32. The van der Waals surface area contributed by atoms with Gasteiger partial charge in [-0.25, -0.2) is 12.8 Å². The largest absolute Gasteiger partial charge is 0.495 e. The number of rotatable bonds is 13. The maximum absolute atomic E-state index is 14.1. The smallest absolute Gasteiger partial charge is 0.264 e. The summed E-state index contributed by atoms with van der Waals surface area (Å²) in [6.07, 6.45) is 0.961. The lowest BCUT2D eigenvalue weighted by atomic mass is 10.1. The van der Waals surface area contributed by atoms with E-state index in [-0.39, 0.29) is 40.5 Å². The monoisotopic (exact) mass is 617 g/mol. The van der Waals surface area contributed by atoms with Gasteiger partial charge in [-0.15, -0.1) is 0 Å². The van der Waals surface area contributed by atoms with Gasteiger partial charge in [0.25, 0.3) is 10.0 Å². The molecule has 2 atom stereocenters. The molecule has 0 fully saturated rings. The van der Waals surface area contributed by atoms with Crippen LogP contribution in [0.5, 0.6) is 5.75 Å². The molecule has 226 valence electrons. The van der Waals surface area contributed by atoms with E-state index in [9.17, 15) is 22.4 Å². The predicted octanol–water partition coefficient (Wildman–Crippen LogP) is 5.71. The average molecular weight is 618 g/mol. The van der Waals surface area contributed by atoms with Crippen molar-refractivity contribution in [1.29, 1.82) is 0 Å². The first-order valence-corrected chi connectivity index (χ1v) is 15.5. The van der Waals surface area contributed by atoms with Crippen molar-refractivity contribution in [2.45, 2.75) is 64.1 Å². The summed E-state index contributed by atoms with van der Waals surface area (Å²) in [5.74, 6) is -1.08. The third kappa shape index (κ3) is 8.01. The van der Waals surface area contributed by atoms with Gasteiger partial charge in [0.1, 0.15) is 24.2 Å². The Morgan fingerprint density at radius 2 is 1.64 bits per heavy atom. The Balaban J connectivity index is 2.09. The van der Waals surface area contributed by atoms with E-state index in [4.69, 9.17) is 16.3 Å². The van der Waals surface area contributed by atoms with Crippen molar-refractivity contribution in [3.63, 3.8) is 0 Å². The fourth-order valence-electron chi connectivity index (χ4n) is 4.32. The maximum atomic E-state index is 14.1. The number of hydrogen-bond acceptors (Lipinski definition) is 5. The molecule has 0 heterocycles. The normalized spacial score (nSPS) is 12.7. The Labute approximate surface area is 252 Å². The van der Waals surface area contributed by atoms with Gasteiger partial charge >= 0.3 is 0 Å². The third-order valence-corrected chi connectivity index (χ3v) is 9.05. The molecule has 0 saturated carbocycles. The number of nitrogens with one attached hydrogen (secondary N) is 1. The second-order valence-electron chi connectivity index (χ2n) is 10.0. The first-order chi connectivity index (χ1) is 19.9. The first kappa shape index (κ1) is 32.9. The minimum atomic E-state index is -4.25. The van der Waals surface area contributed by atoms with E-state index in [0.29, 0.717) is 17.7 Å². The Morgan fingerprint density at radius 1 is 1.00 bits per heavy atom. The summed E-state index contributed by atoms with van der Waals surface area (Å²) in [4.78, 5) is 28.8. The zero-order chi connectivity index (χ0) is 31.0.